The van der Waals surface area contributed by atoms with Crippen molar-refractivity contribution >= 4 is 46.3 Å². The van der Waals surface area contributed by atoms with Crippen LogP contribution in [-0.4, -0.2) is 157 Å². The van der Waals surface area contributed by atoms with E-state index >= 15 is 0 Å². The van der Waals surface area contributed by atoms with Gasteiger partial charge in [-0.15, -0.1) is 0 Å². The zero-order chi connectivity index (χ0) is 48.1. The first-order valence-electron chi connectivity index (χ1n) is 24.2. The van der Waals surface area contributed by atoms with Gasteiger partial charge in [0.1, 0.15) is 30.0 Å². The molecule has 3 amide bonds. The predicted octanol–water partition coefficient (Wildman–Crippen LogP) is 4.26. The van der Waals surface area contributed by atoms with Crippen molar-refractivity contribution in [2.75, 3.05) is 77.5 Å². The summed E-state index contributed by atoms with van der Waals surface area (Å²) >= 11 is 0. The number of fused-ring (bicyclic) bond motifs is 5. The number of nitrogens with one attached hydrogen (secondary N) is 1. The molecule has 1 aromatic heterocycles. The molecular formula is C50H61F2N7O9. The van der Waals surface area contributed by atoms with Gasteiger partial charge >= 0.3 is 11.9 Å². The third kappa shape index (κ3) is 7.27. The van der Waals surface area contributed by atoms with Gasteiger partial charge in [-0.3, -0.25) is 29.1 Å². The van der Waals surface area contributed by atoms with E-state index in [-0.39, 0.29) is 65.0 Å². The number of anilines is 1. The highest BCUT2D eigenvalue weighted by molar-refractivity contribution is 6.07. The molecule has 2 saturated carbocycles. The van der Waals surface area contributed by atoms with E-state index in [1.165, 1.54) is 6.20 Å². The molecule has 0 unspecified atom stereocenters. The summed E-state index contributed by atoms with van der Waals surface area (Å²) in [6.45, 7) is 12.1. The van der Waals surface area contributed by atoms with Crippen LogP contribution in [0.4, 0.5) is 14.5 Å². The number of pyridine rings is 1. The average molecular weight is 942 g/mol. The molecule has 68 heavy (non-hydrogen) atoms. The minimum atomic E-state index is -3.15. The van der Waals surface area contributed by atoms with Crippen molar-refractivity contribution in [3.63, 3.8) is 0 Å². The molecule has 10 rings (SSSR count). The number of likely N-dealkylation sites (tertiary alicyclic amines) is 1. The molecule has 6 fully saturated rings. The summed E-state index contributed by atoms with van der Waals surface area (Å²) in [4.78, 5) is 77.3. The number of hydrogen-bond acceptors (Lipinski definition) is 13. The zero-order valence-electron chi connectivity index (χ0n) is 39.5. The summed E-state index contributed by atoms with van der Waals surface area (Å²) in [5.74, 6) is -4.70. The van der Waals surface area contributed by atoms with Crippen LogP contribution in [0.15, 0.2) is 41.6 Å². The lowest BCUT2D eigenvalue weighted by Crippen LogP contribution is -2.73. The predicted molar refractivity (Wildman–Crippen MR) is 241 cm³/mol. The highest BCUT2D eigenvalue weighted by Gasteiger charge is 2.93. The number of hydrogen-bond donors (Lipinski definition) is 1. The van der Waals surface area contributed by atoms with Crippen molar-refractivity contribution in [2.45, 2.75) is 108 Å². The number of rotatable bonds is 13. The van der Waals surface area contributed by atoms with Crippen molar-refractivity contribution < 1.29 is 51.7 Å². The molecule has 2 aromatic rings. The number of benzene rings is 1. The van der Waals surface area contributed by atoms with Gasteiger partial charge in [-0.1, -0.05) is 20.8 Å². The average Bonchev–Trinajstić information content (AvgIpc) is 4.20. The largest absolute Gasteiger partial charge is 0.459 e. The topological polar surface area (TPSA) is 187 Å². The summed E-state index contributed by atoms with van der Waals surface area (Å²) in [6, 6.07) is 7.63. The van der Waals surface area contributed by atoms with Crippen molar-refractivity contribution in [2.24, 2.45) is 28.6 Å². The molecule has 9 atom stereocenters. The fourth-order valence-electron chi connectivity index (χ4n) is 13.6. The van der Waals surface area contributed by atoms with Gasteiger partial charge in [-0.05, 0) is 80.8 Å². The number of piperazine rings is 1. The Hall–Kier alpha value is -5.25. The molecule has 5 aliphatic heterocycles. The molecule has 1 spiro atoms. The Labute approximate surface area is 394 Å². The monoisotopic (exact) mass is 941 g/mol. The van der Waals surface area contributed by atoms with Crippen LogP contribution in [0.1, 0.15) is 83.0 Å². The van der Waals surface area contributed by atoms with Crippen LogP contribution >= 0.6 is 0 Å². The first kappa shape index (κ1) is 46.5. The number of carbonyl (C=O) groups is 5. The van der Waals surface area contributed by atoms with Crippen molar-refractivity contribution in [1.82, 2.24) is 25.0 Å². The molecule has 18 heteroatoms. The second kappa shape index (κ2) is 16.7. The van der Waals surface area contributed by atoms with Gasteiger partial charge in [0.15, 0.2) is 0 Å². The number of halogens is 2. The van der Waals surface area contributed by atoms with Crippen LogP contribution in [0.3, 0.4) is 0 Å². The maximum Gasteiger partial charge on any atom is 0.334 e. The van der Waals surface area contributed by atoms with Crippen molar-refractivity contribution in [3.8, 4) is 6.07 Å². The number of esters is 2. The summed E-state index contributed by atoms with van der Waals surface area (Å²) in [7, 11) is 1.96. The van der Waals surface area contributed by atoms with E-state index < -0.39 is 66.6 Å². The van der Waals surface area contributed by atoms with Crippen LogP contribution < -0.4 is 10.2 Å². The fraction of sp³-hybridized carbons (Fsp3) is 0.660. The molecule has 8 aliphatic rings. The second-order valence-corrected chi connectivity index (χ2v) is 21.2. The lowest BCUT2D eigenvalue weighted by molar-refractivity contribution is -0.265. The minimum Gasteiger partial charge on any atom is -0.459 e. The lowest BCUT2D eigenvalue weighted by Gasteiger charge is -2.61. The van der Waals surface area contributed by atoms with Crippen LogP contribution in [0, 0.1) is 39.9 Å². The number of ether oxygens (including phenoxy) is 4. The van der Waals surface area contributed by atoms with Crippen molar-refractivity contribution in [1.29, 1.82) is 5.26 Å². The first-order chi connectivity index (χ1) is 32.4. The Kier molecular flexibility index (Phi) is 11.4. The molecule has 16 nitrogen and oxygen atoms in total. The SMILES string of the molecule is CC(C)[C@]12C[C@H]1[C@@H]1O[C@@]13[C@@]1(C)CCC4=C(COC4=O)[C@@H]1CO[C@]3(C)[C@@H]2OC(=O)CCC(=O)N1CCN(CCCN(C)c2ccc3nccc(C(=O)NCC(=O)N4CC(F)(F)C[C@H]4C#N)c3c2)CC1. The van der Waals surface area contributed by atoms with E-state index in [1.54, 1.807) is 12.1 Å². The van der Waals surface area contributed by atoms with Gasteiger partial charge < -0.3 is 39.0 Å². The molecule has 0 bridgehead atoms. The molecule has 1 N–H and O–H groups in total. The van der Waals surface area contributed by atoms with Gasteiger partial charge in [0.2, 0.25) is 11.8 Å². The minimum absolute atomic E-state index is 0.00334. The molecule has 4 saturated heterocycles. The number of nitrogens with zero attached hydrogens (tertiary/aromatic N) is 6. The Balaban J connectivity index is 0.693. The maximum atomic E-state index is 13.9. The van der Waals surface area contributed by atoms with E-state index in [0.717, 1.165) is 47.5 Å². The van der Waals surface area contributed by atoms with E-state index in [2.05, 4.69) is 47.8 Å². The normalized spacial score (nSPS) is 34.2. The second-order valence-electron chi connectivity index (χ2n) is 21.2. The molecule has 0 radical (unpaired) electrons. The van der Waals surface area contributed by atoms with E-state index in [1.807, 2.05) is 30.1 Å². The highest BCUT2D eigenvalue weighted by atomic mass is 19.3. The summed E-state index contributed by atoms with van der Waals surface area (Å²) in [6.07, 6.45) is 3.40. The van der Waals surface area contributed by atoms with Gasteiger partial charge in [0.05, 0.1) is 49.4 Å². The van der Waals surface area contributed by atoms with E-state index in [0.29, 0.717) is 63.3 Å². The number of aromatic nitrogens is 1. The quantitative estimate of drug-likeness (QED) is 0.222. The smallest absolute Gasteiger partial charge is 0.334 e. The summed E-state index contributed by atoms with van der Waals surface area (Å²) in [5.41, 5.74) is 1.41. The fourth-order valence-corrected chi connectivity index (χ4v) is 13.6. The number of cyclic esters (lactones) is 1. The maximum absolute atomic E-state index is 13.9. The van der Waals surface area contributed by atoms with E-state index in [4.69, 9.17) is 18.9 Å². The number of epoxide rings is 1. The molecule has 1 aromatic carbocycles. The molecule has 3 aliphatic carbocycles. The van der Waals surface area contributed by atoms with Crippen LogP contribution in [0.25, 0.3) is 10.9 Å². The van der Waals surface area contributed by atoms with Gasteiger partial charge in [-0.25, -0.2) is 13.6 Å². The Morgan fingerprint density at radius 1 is 1.07 bits per heavy atom. The van der Waals surface area contributed by atoms with Crippen LogP contribution in [-0.2, 0) is 38.1 Å². The van der Waals surface area contributed by atoms with Gasteiger partial charge in [0.25, 0.3) is 11.8 Å². The Morgan fingerprint density at radius 3 is 2.60 bits per heavy atom. The van der Waals surface area contributed by atoms with Crippen LogP contribution in [0.5, 0.6) is 0 Å². The highest BCUT2D eigenvalue weighted by Crippen LogP contribution is 2.82. The van der Waals surface area contributed by atoms with Crippen molar-refractivity contribution in [3.05, 3.63) is 47.2 Å². The van der Waals surface area contributed by atoms with E-state index in [9.17, 15) is 38.0 Å². The van der Waals surface area contributed by atoms with Gasteiger partial charge in [0, 0.05) is 92.2 Å². The number of carbonyl (C=O) groups excluding carboxylic acids is 5. The number of nitriles is 1. The standard InChI is InChI=1S/C50H61F2N7O9/c1-29(2)49-23-36(49)42-50(68-42)46(3)13-11-33-35(26-65-44(33)64)37(46)27-66-47(50,4)45(49)67-41(62)10-9-39(60)58-19-17-57(18-20-58)16-6-15-56(5)30-7-8-38-34(21-30)32(12-14-54-38)43(63)55-25-40(61)59-28-48(51,52)22-31(59)24-53/h7-8,12,14,21,29,31,36-37,42,45H,6,9-11,13,15-20,22-23,25-28H2,1-5H3,(H,55,63)/t31-,36-,37-,42-,45-,46-,47+,49+,50+/m0/s1. The van der Waals surface area contributed by atoms with Crippen LogP contribution in [0.2, 0.25) is 0 Å². The van der Waals surface area contributed by atoms with Gasteiger partial charge in [-0.2, -0.15) is 5.26 Å². The summed E-state index contributed by atoms with van der Waals surface area (Å²) in [5, 5.41) is 12.4. The number of amides is 3. The lowest BCUT2D eigenvalue weighted by atomic mass is 9.49. The third-order valence-electron chi connectivity index (χ3n) is 17.4. The molecular weight excluding hydrogens is 881 g/mol. The molecule has 364 valence electrons. The Morgan fingerprint density at radius 2 is 1.85 bits per heavy atom. The summed E-state index contributed by atoms with van der Waals surface area (Å²) < 4.78 is 53.6. The number of alkyl halides is 2. The third-order valence-corrected chi connectivity index (χ3v) is 17.4. The molecule has 6 heterocycles. The zero-order valence-corrected chi connectivity index (χ0v) is 39.5. The Bertz CT molecular complexity index is 2530. The first-order valence-corrected chi connectivity index (χ1v) is 24.2.